The van der Waals surface area contributed by atoms with E-state index < -0.39 is 6.10 Å². The lowest BCUT2D eigenvalue weighted by Gasteiger charge is -2.23. The summed E-state index contributed by atoms with van der Waals surface area (Å²) in [5.41, 5.74) is 2.21. The summed E-state index contributed by atoms with van der Waals surface area (Å²) in [6.45, 7) is 4.68. The van der Waals surface area contributed by atoms with E-state index in [1.165, 1.54) is 5.56 Å². The molecule has 2 aromatic rings. The molecule has 0 aliphatic rings. The van der Waals surface area contributed by atoms with Crippen molar-refractivity contribution in [1.82, 2.24) is 4.90 Å². The summed E-state index contributed by atoms with van der Waals surface area (Å²) >= 11 is 0. The maximum absolute atomic E-state index is 10.3. The number of aliphatic hydroxyl groups is 1. The Bertz CT molecular complexity index is 545. The van der Waals surface area contributed by atoms with Crippen LogP contribution in [0.25, 0.3) is 0 Å². The van der Waals surface area contributed by atoms with Gasteiger partial charge in [-0.2, -0.15) is 0 Å². The number of hydrogen-bond acceptors (Lipinski definition) is 3. The number of likely N-dealkylation sites (N-methyl/N-ethyl adjacent to an activating group) is 1. The zero-order valence-electron chi connectivity index (χ0n) is 13.6. The van der Waals surface area contributed by atoms with Crippen LogP contribution in [0.15, 0.2) is 54.6 Å². The van der Waals surface area contributed by atoms with Crippen molar-refractivity contribution in [3.05, 3.63) is 65.7 Å². The number of rotatable bonds is 8. The third-order valence-electron chi connectivity index (χ3n) is 3.94. The lowest BCUT2D eigenvalue weighted by molar-refractivity contribution is 0.115. The van der Waals surface area contributed by atoms with Crippen molar-refractivity contribution >= 4 is 12.4 Å². The van der Waals surface area contributed by atoms with Crippen molar-refractivity contribution in [3.8, 4) is 5.75 Å². The number of aliphatic hydroxyl groups excluding tert-OH is 1. The fraction of sp³-hybridized carbons (Fsp3) is 0.368. The summed E-state index contributed by atoms with van der Waals surface area (Å²) in [6.07, 6.45) is 1.59. The standard InChI is InChI=1S/C19H25NO2.ClH/c1-2-20(15-19(22)17-8-4-3-5-9-17)14-6-7-16-10-12-18(21)13-11-16;/h3-5,8-13,19,21-22H,2,6-7,14-15H2,1H3;1H/t19-;/m1./s1. The second-order valence-electron chi connectivity index (χ2n) is 5.59. The molecule has 1 atom stereocenters. The summed E-state index contributed by atoms with van der Waals surface area (Å²) in [4.78, 5) is 2.28. The van der Waals surface area contributed by atoms with Gasteiger partial charge in [0.25, 0.3) is 0 Å². The second kappa shape index (κ2) is 10.3. The summed E-state index contributed by atoms with van der Waals surface area (Å²) in [6, 6.07) is 17.2. The van der Waals surface area contributed by atoms with Gasteiger partial charge in [-0.1, -0.05) is 49.4 Å². The Morgan fingerprint density at radius 3 is 2.26 bits per heavy atom. The first-order valence-corrected chi connectivity index (χ1v) is 7.92. The molecule has 0 amide bonds. The Morgan fingerprint density at radius 2 is 1.65 bits per heavy atom. The molecule has 126 valence electrons. The van der Waals surface area contributed by atoms with Gasteiger partial charge in [-0.05, 0) is 49.2 Å². The van der Waals surface area contributed by atoms with Gasteiger partial charge in [-0.25, -0.2) is 0 Å². The molecule has 0 aliphatic heterocycles. The number of aromatic hydroxyl groups is 1. The minimum atomic E-state index is -0.435. The number of phenols is 1. The average molecular weight is 336 g/mol. The van der Waals surface area contributed by atoms with Crippen LogP contribution < -0.4 is 0 Å². The molecule has 0 saturated carbocycles. The first-order chi connectivity index (χ1) is 10.7. The van der Waals surface area contributed by atoms with Crippen LogP contribution in [0.4, 0.5) is 0 Å². The smallest absolute Gasteiger partial charge is 0.115 e. The van der Waals surface area contributed by atoms with E-state index in [-0.39, 0.29) is 12.4 Å². The van der Waals surface area contributed by atoms with Crippen LogP contribution in [-0.2, 0) is 6.42 Å². The number of benzene rings is 2. The monoisotopic (exact) mass is 335 g/mol. The zero-order chi connectivity index (χ0) is 15.8. The van der Waals surface area contributed by atoms with Crippen LogP contribution in [0, 0.1) is 0 Å². The normalized spacial score (nSPS) is 12.0. The molecule has 0 saturated heterocycles. The van der Waals surface area contributed by atoms with Crippen molar-refractivity contribution in [2.24, 2.45) is 0 Å². The van der Waals surface area contributed by atoms with E-state index in [4.69, 9.17) is 0 Å². The third-order valence-corrected chi connectivity index (χ3v) is 3.94. The molecule has 0 radical (unpaired) electrons. The Labute approximate surface area is 145 Å². The minimum absolute atomic E-state index is 0. The highest BCUT2D eigenvalue weighted by molar-refractivity contribution is 5.85. The van der Waals surface area contributed by atoms with Crippen LogP contribution in [0.5, 0.6) is 5.75 Å². The molecule has 0 fully saturated rings. The van der Waals surface area contributed by atoms with Crippen molar-refractivity contribution in [3.63, 3.8) is 0 Å². The van der Waals surface area contributed by atoms with Gasteiger partial charge in [0.2, 0.25) is 0 Å². The predicted molar refractivity (Wildman–Crippen MR) is 97.2 cm³/mol. The molecule has 2 N–H and O–H groups in total. The Balaban J connectivity index is 0.00000264. The first-order valence-electron chi connectivity index (χ1n) is 7.92. The van der Waals surface area contributed by atoms with Crippen LogP contribution in [0.3, 0.4) is 0 Å². The Hall–Kier alpha value is -1.55. The number of phenolic OH excluding ortho intramolecular Hbond substituents is 1. The topological polar surface area (TPSA) is 43.7 Å². The number of nitrogens with zero attached hydrogens (tertiary/aromatic N) is 1. The molecule has 0 aromatic heterocycles. The highest BCUT2D eigenvalue weighted by atomic mass is 35.5. The van der Waals surface area contributed by atoms with E-state index in [2.05, 4.69) is 11.8 Å². The summed E-state index contributed by atoms with van der Waals surface area (Å²) in [7, 11) is 0. The molecule has 0 heterocycles. The predicted octanol–water partition coefficient (Wildman–Crippen LogP) is 3.80. The number of hydrogen-bond donors (Lipinski definition) is 2. The molecular weight excluding hydrogens is 310 g/mol. The lowest BCUT2D eigenvalue weighted by atomic mass is 10.1. The highest BCUT2D eigenvalue weighted by Crippen LogP contribution is 2.15. The summed E-state index contributed by atoms with van der Waals surface area (Å²) < 4.78 is 0. The molecule has 3 nitrogen and oxygen atoms in total. The SMILES string of the molecule is CCN(CCCc1ccc(O)cc1)C[C@@H](O)c1ccccc1.Cl. The Morgan fingerprint density at radius 1 is 1.00 bits per heavy atom. The summed E-state index contributed by atoms with van der Waals surface area (Å²) in [5.74, 6) is 0.310. The van der Waals surface area contributed by atoms with Gasteiger partial charge in [0, 0.05) is 6.54 Å². The van der Waals surface area contributed by atoms with E-state index in [0.29, 0.717) is 12.3 Å². The minimum Gasteiger partial charge on any atom is -0.508 e. The fourth-order valence-corrected chi connectivity index (χ4v) is 2.57. The summed E-state index contributed by atoms with van der Waals surface area (Å²) in [5, 5.41) is 19.6. The van der Waals surface area contributed by atoms with Gasteiger partial charge in [0.15, 0.2) is 0 Å². The fourth-order valence-electron chi connectivity index (χ4n) is 2.57. The van der Waals surface area contributed by atoms with Gasteiger partial charge < -0.3 is 15.1 Å². The number of halogens is 1. The molecule has 23 heavy (non-hydrogen) atoms. The second-order valence-corrected chi connectivity index (χ2v) is 5.59. The molecule has 0 aliphatic carbocycles. The number of aryl methyl sites for hydroxylation is 1. The third kappa shape index (κ3) is 6.61. The lowest BCUT2D eigenvalue weighted by Crippen LogP contribution is -2.29. The van der Waals surface area contributed by atoms with Gasteiger partial charge in [0.1, 0.15) is 5.75 Å². The zero-order valence-corrected chi connectivity index (χ0v) is 14.4. The van der Waals surface area contributed by atoms with Crippen LogP contribution in [0.1, 0.15) is 30.6 Å². The van der Waals surface area contributed by atoms with E-state index in [1.54, 1.807) is 12.1 Å². The van der Waals surface area contributed by atoms with Crippen molar-refractivity contribution in [2.75, 3.05) is 19.6 Å². The molecule has 0 bridgehead atoms. The first kappa shape index (κ1) is 19.5. The van der Waals surface area contributed by atoms with Crippen molar-refractivity contribution in [2.45, 2.75) is 25.9 Å². The van der Waals surface area contributed by atoms with Gasteiger partial charge >= 0.3 is 0 Å². The largest absolute Gasteiger partial charge is 0.508 e. The molecular formula is C19H26ClNO2. The van der Waals surface area contributed by atoms with E-state index >= 15 is 0 Å². The van der Waals surface area contributed by atoms with E-state index in [0.717, 1.165) is 31.5 Å². The van der Waals surface area contributed by atoms with Gasteiger partial charge in [-0.15, -0.1) is 12.4 Å². The molecule has 4 heteroatoms. The van der Waals surface area contributed by atoms with Crippen LogP contribution in [0.2, 0.25) is 0 Å². The van der Waals surface area contributed by atoms with Crippen molar-refractivity contribution < 1.29 is 10.2 Å². The van der Waals surface area contributed by atoms with Gasteiger partial charge in [0.05, 0.1) is 6.10 Å². The maximum atomic E-state index is 10.3. The maximum Gasteiger partial charge on any atom is 0.115 e. The van der Waals surface area contributed by atoms with Crippen LogP contribution in [-0.4, -0.2) is 34.7 Å². The van der Waals surface area contributed by atoms with E-state index in [9.17, 15) is 10.2 Å². The quantitative estimate of drug-likeness (QED) is 0.771. The van der Waals surface area contributed by atoms with Crippen LogP contribution >= 0.6 is 12.4 Å². The van der Waals surface area contributed by atoms with E-state index in [1.807, 2.05) is 42.5 Å². The highest BCUT2D eigenvalue weighted by Gasteiger charge is 2.11. The van der Waals surface area contributed by atoms with Crippen molar-refractivity contribution in [1.29, 1.82) is 0 Å². The molecule has 0 unspecified atom stereocenters. The average Bonchev–Trinajstić information content (AvgIpc) is 2.56. The Kier molecular flexibility index (Phi) is 8.70. The molecule has 2 rings (SSSR count). The molecule has 0 spiro atoms. The van der Waals surface area contributed by atoms with Gasteiger partial charge in [-0.3, -0.25) is 0 Å². The molecule has 2 aromatic carbocycles.